The highest BCUT2D eigenvalue weighted by Crippen LogP contribution is 2.50. The smallest absolute Gasteiger partial charge is 0.309 e. The summed E-state index contributed by atoms with van der Waals surface area (Å²) in [6.07, 6.45) is 10.0. The fourth-order valence-electron chi connectivity index (χ4n) is 4.25. The summed E-state index contributed by atoms with van der Waals surface area (Å²) in [5.74, 6) is -1.73. The SMILES string of the molecule is O=COC1(CCCCc2cc(CCCCCC3(C(=O)O)CC3)c(O)c(O)c2O)CC1. The Kier molecular flexibility index (Phi) is 6.78. The van der Waals surface area contributed by atoms with Gasteiger partial charge in [0.2, 0.25) is 5.75 Å². The molecule has 0 bridgehead atoms. The number of carboxylic acid groups (broad SMARTS) is 1. The maximum Gasteiger partial charge on any atom is 0.309 e. The fraction of sp³-hybridized carbons (Fsp3) is 0.652. The minimum absolute atomic E-state index is 0.279. The molecule has 1 aromatic rings. The topological polar surface area (TPSA) is 124 Å². The van der Waals surface area contributed by atoms with Crippen molar-refractivity contribution in [2.75, 3.05) is 0 Å². The van der Waals surface area contributed by atoms with E-state index in [9.17, 15) is 30.0 Å². The quantitative estimate of drug-likeness (QED) is 0.202. The highest BCUT2D eigenvalue weighted by molar-refractivity contribution is 5.77. The van der Waals surface area contributed by atoms with Gasteiger partial charge in [-0.2, -0.15) is 0 Å². The highest BCUT2D eigenvalue weighted by atomic mass is 16.5. The minimum atomic E-state index is -0.696. The number of carbonyl (C=O) groups excluding carboxylic acids is 1. The number of hydrogen-bond acceptors (Lipinski definition) is 6. The summed E-state index contributed by atoms with van der Waals surface area (Å²) in [6.45, 7) is 0.509. The van der Waals surface area contributed by atoms with Crippen molar-refractivity contribution in [1.29, 1.82) is 0 Å². The van der Waals surface area contributed by atoms with Crippen molar-refractivity contribution in [3.63, 3.8) is 0 Å². The molecule has 0 aliphatic heterocycles. The number of aryl methyl sites for hydroxylation is 2. The molecule has 0 amide bonds. The van der Waals surface area contributed by atoms with E-state index in [-0.39, 0.29) is 17.1 Å². The van der Waals surface area contributed by atoms with E-state index in [1.807, 2.05) is 0 Å². The van der Waals surface area contributed by atoms with Crippen LogP contribution < -0.4 is 0 Å². The number of aliphatic carboxylic acids is 1. The molecule has 2 aliphatic rings. The average Bonchev–Trinajstić information content (AvgIpc) is 3.63. The van der Waals surface area contributed by atoms with E-state index in [4.69, 9.17) is 4.74 Å². The molecule has 3 rings (SSSR count). The van der Waals surface area contributed by atoms with E-state index in [2.05, 4.69) is 0 Å². The van der Waals surface area contributed by atoms with Crippen LogP contribution in [0.4, 0.5) is 0 Å². The predicted molar refractivity (Wildman–Crippen MR) is 110 cm³/mol. The molecule has 0 radical (unpaired) electrons. The van der Waals surface area contributed by atoms with Crippen LogP contribution in [0.2, 0.25) is 0 Å². The van der Waals surface area contributed by atoms with Gasteiger partial charge in [0.15, 0.2) is 11.5 Å². The summed E-state index contributed by atoms with van der Waals surface area (Å²) in [5, 5.41) is 39.7. The van der Waals surface area contributed by atoms with Crippen LogP contribution >= 0.6 is 0 Å². The van der Waals surface area contributed by atoms with Crippen LogP contribution in [-0.4, -0.2) is 38.5 Å². The maximum absolute atomic E-state index is 11.2. The first-order valence-electron chi connectivity index (χ1n) is 10.9. The number of hydrogen-bond donors (Lipinski definition) is 4. The Labute approximate surface area is 176 Å². The third kappa shape index (κ3) is 5.18. The molecule has 30 heavy (non-hydrogen) atoms. The van der Waals surface area contributed by atoms with Crippen LogP contribution in [0.5, 0.6) is 17.2 Å². The Morgan fingerprint density at radius 2 is 1.43 bits per heavy atom. The Balaban J connectivity index is 1.46. The minimum Gasteiger partial charge on any atom is -0.504 e. The van der Waals surface area contributed by atoms with E-state index >= 15 is 0 Å². The molecule has 7 nitrogen and oxygen atoms in total. The first kappa shape index (κ1) is 22.2. The monoisotopic (exact) mass is 420 g/mol. The second kappa shape index (κ2) is 9.14. The highest BCUT2D eigenvalue weighted by Gasteiger charge is 2.49. The standard InChI is InChI=1S/C23H32O7/c24-15-30-23(12-13-23)9-5-3-7-17-14-16(18(25)20(27)19(17)26)6-2-1-4-8-22(10-11-22)21(28)29/h14-15,25-27H,1-13H2,(H,28,29). The fourth-order valence-corrected chi connectivity index (χ4v) is 4.25. The number of benzene rings is 1. The lowest BCUT2D eigenvalue weighted by Crippen LogP contribution is -2.14. The van der Waals surface area contributed by atoms with Crippen LogP contribution in [0.25, 0.3) is 0 Å². The first-order chi connectivity index (χ1) is 14.3. The summed E-state index contributed by atoms with van der Waals surface area (Å²) in [6, 6.07) is 1.75. The van der Waals surface area contributed by atoms with Crippen LogP contribution in [0.15, 0.2) is 6.07 Å². The molecule has 0 aromatic heterocycles. The number of rotatable bonds is 14. The predicted octanol–water partition coefficient (Wildman–Crippen LogP) is 4.19. The Hall–Kier alpha value is -2.44. The Morgan fingerprint density at radius 1 is 0.867 bits per heavy atom. The molecule has 0 spiro atoms. The number of ether oxygens (including phenoxy) is 1. The molecular weight excluding hydrogens is 388 g/mol. The molecule has 1 aromatic carbocycles. The van der Waals surface area contributed by atoms with E-state index < -0.39 is 17.1 Å². The molecule has 2 aliphatic carbocycles. The zero-order valence-electron chi connectivity index (χ0n) is 17.4. The van der Waals surface area contributed by atoms with Crippen molar-refractivity contribution in [3.05, 3.63) is 17.2 Å². The normalized spacial score (nSPS) is 18.0. The molecule has 0 atom stereocenters. The van der Waals surface area contributed by atoms with Crippen LogP contribution in [0, 0.1) is 5.41 Å². The van der Waals surface area contributed by atoms with Crippen molar-refractivity contribution in [2.24, 2.45) is 5.41 Å². The van der Waals surface area contributed by atoms with Gasteiger partial charge >= 0.3 is 5.97 Å². The third-order valence-electron chi connectivity index (χ3n) is 6.75. The van der Waals surface area contributed by atoms with Gasteiger partial charge < -0.3 is 25.2 Å². The molecule has 0 unspecified atom stereocenters. The number of phenolic OH excluding ortho intramolecular Hbond substituents is 3. The van der Waals surface area contributed by atoms with Gasteiger partial charge in [-0.1, -0.05) is 12.8 Å². The largest absolute Gasteiger partial charge is 0.504 e. The van der Waals surface area contributed by atoms with E-state index in [0.717, 1.165) is 64.2 Å². The number of unbranched alkanes of at least 4 members (excludes halogenated alkanes) is 3. The molecule has 166 valence electrons. The number of aromatic hydroxyl groups is 3. The van der Waals surface area contributed by atoms with Gasteiger partial charge in [-0.15, -0.1) is 0 Å². The summed E-state index contributed by atoms with van der Waals surface area (Å²) >= 11 is 0. The number of carboxylic acids is 1. The van der Waals surface area contributed by atoms with Gasteiger partial charge in [0.25, 0.3) is 6.47 Å². The van der Waals surface area contributed by atoms with Crippen molar-refractivity contribution in [3.8, 4) is 17.2 Å². The number of phenols is 3. The third-order valence-corrected chi connectivity index (χ3v) is 6.75. The molecule has 2 fully saturated rings. The maximum atomic E-state index is 11.2. The lowest BCUT2D eigenvalue weighted by molar-refractivity contribution is -0.143. The molecule has 7 heteroatoms. The summed E-state index contributed by atoms with van der Waals surface area (Å²) in [7, 11) is 0. The van der Waals surface area contributed by atoms with Crippen molar-refractivity contribution in [2.45, 2.75) is 89.1 Å². The van der Waals surface area contributed by atoms with Gasteiger partial charge in [-0.3, -0.25) is 9.59 Å². The first-order valence-corrected chi connectivity index (χ1v) is 10.9. The van der Waals surface area contributed by atoms with Crippen LogP contribution in [0.1, 0.15) is 81.8 Å². The molecule has 0 saturated heterocycles. The van der Waals surface area contributed by atoms with E-state index in [0.29, 0.717) is 36.9 Å². The van der Waals surface area contributed by atoms with Crippen molar-refractivity contribution < 1.29 is 34.8 Å². The lowest BCUT2D eigenvalue weighted by Gasteiger charge is -2.15. The molecular formula is C23H32O7. The summed E-state index contributed by atoms with van der Waals surface area (Å²) in [4.78, 5) is 21.8. The molecule has 0 heterocycles. The van der Waals surface area contributed by atoms with Gasteiger partial charge in [0, 0.05) is 0 Å². The second-order valence-corrected chi connectivity index (χ2v) is 8.99. The number of carbonyl (C=O) groups is 2. The second-order valence-electron chi connectivity index (χ2n) is 8.99. The van der Waals surface area contributed by atoms with Crippen LogP contribution in [-0.2, 0) is 27.2 Å². The van der Waals surface area contributed by atoms with Crippen molar-refractivity contribution in [1.82, 2.24) is 0 Å². The molecule has 4 N–H and O–H groups in total. The van der Waals surface area contributed by atoms with Gasteiger partial charge in [-0.25, -0.2) is 0 Å². The zero-order chi connectivity index (χ0) is 21.8. The van der Waals surface area contributed by atoms with Crippen molar-refractivity contribution >= 4 is 12.4 Å². The Bertz CT molecular complexity index is 778. The zero-order valence-corrected chi connectivity index (χ0v) is 17.4. The van der Waals surface area contributed by atoms with E-state index in [1.165, 1.54) is 0 Å². The van der Waals surface area contributed by atoms with Gasteiger partial charge in [0.05, 0.1) is 5.41 Å². The van der Waals surface area contributed by atoms with Gasteiger partial charge in [0.1, 0.15) is 5.60 Å². The lowest BCUT2D eigenvalue weighted by atomic mass is 9.95. The van der Waals surface area contributed by atoms with E-state index in [1.54, 1.807) is 6.07 Å². The van der Waals surface area contributed by atoms with Crippen LogP contribution in [0.3, 0.4) is 0 Å². The summed E-state index contributed by atoms with van der Waals surface area (Å²) < 4.78 is 5.14. The summed E-state index contributed by atoms with van der Waals surface area (Å²) in [5.41, 5.74) is 0.417. The Morgan fingerprint density at radius 3 is 1.93 bits per heavy atom. The average molecular weight is 421 g/mol. The van der Waals surface area contributed by atoms with Gasteiger partial charge in [-0.05, 0) is 87.8 Å². The molecule has 2 saturated carbocycles.